The van der Waals surface area contributed by atoms with Crippen molar-refractivity contribution in [2.45, 2.75) is 39.2 Å². The molecule has 1 aromatic carbocycles. The molecule has 0 unspecified atom stereocenters. The van der Waals surface area contributed by atoms with Gasteiger partial charge in [0.05, 0.1) is 19.6 Å². The lowest BCUT2D eigenvalue weighted by Gasteiger charge is -2.15. The molecule has 0 saturated carbocycles. The van der Waals surface area contributed by atoms with Crippen LogP contribution in [0.3, 0.4) is 0 Å². The van der Waals surface area contributed by atoms with Crippen LogP contribution < -0.4 is 0 Å². The van der Waals surface area contributed by atoms with Crippen LogP contribution >= 0.6 is 0 Å². The molecule has 0 aliphatic carbocycles. The van der Waals surface area contributed by atoms with E-state index in [4.69, 9.17) is 14.2 Å². The van der Waals surface area contributed by atoms with E-state index in [9.17, 15) is 14.4 Å². The zero-order valence-electron chi connectivity index (χ0n) is 13.4. The summed E-state index contributed by atoms with van der Waals surface area (Å²) >= 11 is 0. The normalized spacial score (nSPS) is 11.4. The van der Waals surface area contributed by atoms with Crippen LogP contribution in [0.4, 0.5) is 0 Å². The van der Waals surface area contributed by atoms with Crippen molar-refractivity contribution >= 4 is 17.9 Å². The molecule has 0 radical (unpaired) electrons. The highest BCUT2D eigenvalue weighted by molar-refractivity contribution is 5.84. The molecule has 0 aliphatic rings. The Morgan fingerprint density at radius 3 is 2.22 bits per heavy atom. The molecule has 0 aromatic heterocycles. The lowest BCUT2D eigenvalue weighted by atomic mass is 10.1. The van der Waals surface area contributed by atoms with Crippen molar-refractivity contribution in [3.8, 4) is 0 Å². The Morgan fingerprint density at radius 2 is 1.61 bits per heavy atom. The van der Waals surface area contributed by atoms with E-state index in [0.717, 1.165) is 5.56 Å². The smallest absolute Gasteiger partial charge is 0.348 e. The van der Waals surface area contributed by atoms with Crippen LogP contribution in [0.15, 0.2) is 30.3 Å². The van der Waals surface area contributed by atoms with Crippen molar-refractivity contribution in [2.24, 2.45) is 0 Å². The van der Waals surface area contributed by atoms with Gasteiger partial charge in [-0.1, -0.05) is 30.3 Å². The van der Waals surface area contributed by atoms with Gasteiger partial charge in [-0.25, -0.2) is 4.79 Å². The van der Waals surface area contributed by atoms with E-state index in [1.54, 1.807) is 13.8 Å². The highest BCUT2D eigenvalue weighted by Crippen LogP contribution is 2.08. The second-order valence-electron chi connectivity index (χ2n) is 4.73. The fraction of sp³-hybridized carbons (Fsp3) is 0.471. The van der Waals surface area contributed by atoms with E-state index in [1.165, 1.54) is 0 Å². The minimum Gasteiger partial charge on any atom is -0.466 e. The monoisotopic (exact) mass is 322 g/mol. The number of esters is 3. The first kappa shape index (κ1) is 18.7. The number of carbonyl (C=O) groups is 3. The summed E-state index contributed by atoms with van der Waals surface area (Å²) in [5, 5.41) is 0. The molecule has 0 spiro atoms. The van der Waals surface area contributed by atoms with E-state index >= 15 is 0 Å². The van der Waals surface area contributed by atoms with Gasteiger partial charge >= 0.3 is 17.9 Å². The highest BCUT2D eigenvalue weighted by atomic mass is 16.6. The summed E-state index contributed by atoms with van der Waals surface area (Å²) < 4.78 is 14.7. The molecule has 6 nitrogen and oxygen atoms in total. The van der Waals surface area contributed by atoms with Crippen molar-refractivity contribution in [1.82, 2.24) is 0 Å². The maximum absolute atomic E-state index is 11.9. The molecule has 0 N–H and O–H groups in total. The van der Waals surface area contributed by atoms with Gasteiger partial charge < -0.3 is 14.2 Å². The largest absolute Gasteiger partial charge is 0.466 e. The average Bonchev–Trinajstić information content (AvgIpc) is 2.54. The zero-order valence-corrected chi connectivity index (χ0v) is 13.4. The van der Waals surface area contributed by atoms with Gasteiger partial charge in [-0.05, 0) is 25.8 Å². The maximum atomic E-state index is 11.9. The zero-order chi connectivity index (χ0) is 17.1. The van der Waals surface area contributed by atoms with Crippen molar-refractivity contribution in [1.29, 1.82) is 0 Å². The Labute approximate surface area is 135 Å². The first-order chi connectivity index (χ1) is 11.1. The fourth-order valence-corrected chi connectivity index (χ4v) is 1.89. The molecule has 0 saturated heterocycles. The van der Waals surface area contributed by atoms with Crippen molar-refractivity contribution in [3.63, 3.8) is 0 Å². The third-order valence-corrected chi connectivity index (χ3v) is 2.94. The molecule has 0 fully saturated rings. The average molecular weight is 322 g/mol. The quantitative estimate of drug-likeness (QED) is 0.511. The SMILES string of the molecule is CCOC(=O)C[C@@H](OC(=O)CCc1ccccc1)C(=O)OCC. The van der Waals surface area contributed by atoms with Gasteiger partial charge in [0.25, 0.3) is 0 Å². The number of aryl methyl sites for hydroxylation is 1. The third kappa shape index (κ3) is 7.44. The number of rotatable bonds is 9. The van der Waals surface area contributed by atoms with Crippen LogP contribution in [-0.4, -0.2) is 37.2 Å². The molecule has 0 amide bonds. The van der Waals surface area contributed by atoms with Crippen LogP contribution in [-0.2, 0) is 35.0 Å². The number of carbonyl (C=O) groups excluding carboxylic acids is 3. The number of benzene rings is 1. The number of ether oxygens (including phenoxy) is 3. The molecule has 0 aliphatic heterocycles. The van der Waals surface area contributed by atoms with Crippen LogP contribution in [0.2, 0.25) is 0 Å². The Kier molecular flexibility index (Phi) is 8.42. The molecular weight excluding hydrogens is 300 g/mol. The lowest BCUT2D eigenvalue weighted by Crippen LogP contribution is -2.32. The molecular formula is C17H22O6. The molecule has 6 heteroatoms. The molecule has 1 atom stereocenters. The van der Waals surface area contributed by atoms with Gasteiger partial charge in [0.2, 0.25) is 6.10 Å². The van der Waals surface area contributed by atoms with Crippen molar-refractivity contribution < 1.29 is 28.6 Å². The van der Waals surface area contributed by atoms with Crippen LogP contribution in [0, 0.1) is 0 Å². The standard InChI is InChI=1S/C17H22O6/c1-3-21-16(19)12-14(17(20)22-4-2)23-15(18)11-10-13-8-6-5-7-9-13/h5-9,14H,3-4,10-12H2,1-2H3/t14-/m1/s1. The summed E-state index contributed by atoms with van der Waals surface area (Å²) in [4.78, 5) is 35.2. The van der Waals surface area contributed by atoms with Crippen LogP contribution in [0.1, 0.15) is 32.3 Å². The predicted octanol–water partition coefficient (Wildman–Crippen LogP) is 2.05. The summed E-state index contributed by atoms with van der Waals surface area (Å²) in [6.07, 6.45) is -1.00. The summed E-state index contributed by atoms with van der Waals surface area (Å²) in [6, 6.07) is 9.44. The van der Waals surface area contributed by atoms with Crippen LogP contribution in [0.5, 0.6) is 0 Å². The summed E-state index contributed by atoms with van der Waals surface area (Å²) in [5.41, 5.74) is 0.988. The molecule has 1 rings (SSSR count). The van der Waals surface area contributed by atoms with E-state index < -0.39 is 24.0 Å². The maximum Gasteiger partial charge on any atom is 0.348 e. The second kappa shape index (κ2) is 10.4. The summed E-state index contributed by atoms with van der Waals surface area (Å²) in [7, 11) is 0. The van der Waals surface area contributed by atoms with Gasteiger partial charge in [0.1, 0.15) is 0 Å². The van der Waals surface area contributed by atoms with Gasteiger partial charge in [-0.3, -0.25) is 9.59 Å². The minimum absolute atomic E-state index is 0.114. The highest BCUT2D eigenvalue weighted by Gasteiger charge is 2.27. The van der Waals surface area contributed by atoms with Crippen LogP contribution in [0.25, 0.3) is 0 Å². The molecule has 126 valence electrons. The topological polar surface area (TPSA) is 78.9 Å². The molecule has 0 bridgehead atoms. The first-order valence-electron chi connectivity index (χ1n) is 7.62. The van der Waals surface area contributed by atoms with Gasteiger partial charge in [-0.2, -0.15) is 0 Å². The molecule has 0 heterocycles. The number of hydrogen-bond donors (Lipinski definition) is 0. The van der Waals surface area contributed by atoms with E-state index in [1.807, 2.05) is 30.3 Å². The van der Waals surface area contributed by atoms with Gasteiger partial charge in [0.15, 0.2) is 0 Å². The fourth-order valence-electron chi connectivity index (χ4n) is 1.89. The Morgan fingerprint density at radius 1 is 0.957 bits per heavy atom. The van der Waals surface area contributed by atoms with E-state index in [-0.39, 0.29) is 26.1 Å². The first-order valence-corrected chi connectivity index (χ1v) is 7.62. The van der Waals surface area contributed by atoms with E-state index in [2.05, 4.69) is 0 Å². The number of hydrogen-bond acceptors (Lipinski definition) is 6. The third-order valence-electron chi connectivity index (χ3n) is 2.94. The van der Waals surface area contributed by atoms with E-state index in [0.29, 0.717) is 6.42 Å². The predicted molar refractivity (Wildman–Crippen MR) is 82.5 cm³/mol. The van der Waals surface area contributed by atoms with Gasteiger partial charge in [0, 0.05) is 6.42 Å². The minimum atomic E-state index is -1.27. The Balaban J connectivity index is 2.55. The summed E-state index contributed by atoms with van der Waals surface area (Å²) in [6.45, 7) is 3.62. The lowest BCUT2D eigenvalue weighted by molar-refractivity contribution is -0.171. The molecule has 23 heavy (non-hydrogen) atoms. The summed E-state index contributed by atoms with van der Waals surface area (Å²) in [5.74, 6) is -1.91. The Bertz CT molecular complexity index is 511. The van der Waals surface area contributed by atoms with Crippen molar-refractivity contribution in [2.75, 3.05) is 13.2 Å². The second-order valence-corrected chi connectivity index (χ2v) is 4.73. The molecule has 1 aromatic rings. The van der Waals surface area contributed by atoms with Gasteiger partial charge in [-0.15, -0.1) is 0 Å². The van der Waals surface area contributed by atoms with Crippen molar-refractivity contribution in [3.05, 3.63) is 35.9 Å². The Hall–Kier alpha value is -2.37.